The number of likely N-dealkylation sites (N-methyl/N-ethyl adjacent to an activating group) is 1. The van der Waals surface area contributed by atoms with Crippen LogP contribution in [0.3, 0.4) is 0 Å². The SMILES string of the molecule is CC/C=C\C/C=C\C/C=C\C/C=C\C/C=C\C/C=C\C/C=C\C/C=C\C/C=C\C/C=C\C/C=C\C/C=C\CCCCCCC(=O)NC(COP(=O)(O)OCC[N+](C)(C)C)C(O)CCCCCCCCCCCC. The molecule has 0 radical (unpaired) electrons. The molecule has 0 aliphatic rings. The van der Waals surface area contributed by atoms with Crippen LogP contribution in [-0.2, 0) is 18.4 Å². The Balaban J connectivity index is 4.13. The molecule has 0 aromatic heterocycles. The number of rotatable bonds is 50. The topological polar surface area (TPSA) is 105 Å². The first-order valence-electron chi connectivity index (χ1n) is 28.7. The number of hydrogen-bond donors (Lipinski definition) is 3. The number of amides is 1. The number of nitrogens with zero attached hydrogens (tertiary/aromatic N) is 1. The van der Waals surface area contributed by atoms with Gasteiger partial charge < -0.3 is 19.8 Å². The fraction of sp³-hybridized carbons (Fsp3) is 0.609. The Hall–Kier alpha value is -3.62. The number of allylic oxidation sites excluding steroid dienone is 24. The van der Waals surface area contributed by atoms with Crippen LogP contribution in [0.5, 0.6) is 0 Å². The van der Waals surface area contributed by atoms with E-state index in [-0.39, 0.29) is 19.1 Å². The van der Waals surface area contributed by atoms with Crippen molar-refractivity contribution in [3.8, 4) is 0 Å². The highest BCUT2D eigenvalue weighted by Gasteiger charge is 2.28. The number of aliphatic hydroxyl groups is 1. The van der Waals surface area contributed by atoms with E-state index >= 15 is 0 Å². The zero-order chi connectivity index (χ0) is 53.5. The predicted molar refractivity (Wildman–Crippen MR) is 317 cm³/mol. The normalized spacial score (nSPS) is 15.0. The molecule has 0 aliphatic heterocycles. The van der Waals surface area contributed by atoms with Gasteiger partial charge in [-0.3, -0.25) is 13.8 Å². The van der Waals surface area contributed by atoms with Crippen molar-refractivity contribution < 1.29 is 32.9 Å². The number of carbonyl (C=O) groups is 1. The van der Waals surface area contributed by atoms with E-state index in [0.29, 0.717) is 23.9 Å². The third-order valence-corrected chi connectivity index (χ3v) is 12.8. The van der Waals surface area contributed by atoms with Gasteiger partial charge in [0.25, 0.3) is 0 Å². The molecule has 1 amide bonds. The van der Waals surface area contributed by atoms with Gasteiger partial charge in [0.05, 0.1) is 39.9 Å². The van der Waals surface area contributed by atoms with Crippen molar-refractivity contribution in [1.82, 2.24) is 5.32 Å². The minimum atomic E-state index is -4.33. The van der Waals surface area contributed by atoms with Crippen LogP contribution < -0.4 is 5.32 Å². The van der Waals surface area contributed by atoms with Crippen LogP contribution in [0.2, 0.25) is 0 Å². The number of carbonyl (C=O) groups excluding carboxylic acids is 1. The molecule has 3 atom stereocenters. The van der Waals surface area contributed by atoms with Gasteiger partial charge in [0.1, 0.15) is 13.2 Å². The molecule has 0 spiro atoms. The largest absolute Gasteiger partial charge is 0.472 e. The van der Waals surface area contributed by atoms with Gasteiger partial charge in [0.15, 0.2) is 0 Å². The van der Waals surface area contributed by atoms with Crippen LogP contribution in [0.1, 0.15) is 200 Å². The number of phosphoric ester groups is 1. The molecule has 0 saturated heterocycles. The lowest BCUT2D eigenvalue weighted by Gasteiger charge is -2.26. The van der Waals surface area contributed by atoms with Crippen molar-refractivity contribution in [2.75, 3.05) is 40.9 Å². The zero-order valence-corrected chi connectivity index (χ0v) is 48.0. The van der Waals surface area contributed by atoms with Crippen molar-refractivity contribution in [1.29, 1.82) is 0 Å². The van der Waals surface area contributed by atoms with E-state index in [1.165, 1.54) is 44.9 Å². The Morgan fingerprint density at radius 1 is 0.479 bits per heavy atom. The molecular weight excluding hydrogens is 924 g/mol. The fourth-order valence-electron chi connectivity index (χ4n) is 7.38. The Labute approximate surface area is 449 Å². The maximum Gasteiger partial charge on any atom is 0.472 e. The molecule has 0 heterocycles. The van der Waals surface area contributed by atoms with Crippen LogP contribution in [0.25, 0.3) is 0 Å². The van der Waals surface area contributed by atoms with Crippen molar-refractivity contribution >= 4 is 13.7 Å². The smallest absolute Gasteiger partial charge is 0.391 e. The second kappa shape index (κ2) is 53.2. The Bertz CT molecular complexity index is 1690. The van der Waals surface area contributed by atoms with Crippen molar-refractivity contribution in [2.45, 2.75) is 212 Å². The molecule has 0 bridgehead atoms. The summed E-state index contributed by atoms with van der Waals surface area (Å²) in [7, 11) is 1.57. The van der Waals surface area contributed by atoms with Crippen LogP contribution in [0.15, 0.2) is 146 Å². The molecule has 0 aromatic rings. The average molecular weight is 1030 g/mol. The first kappa shape index (κ1) is 69.4. The quantitative estimate of drug-likeness (QED) is 0.0243. The number of aliphatic hydroxyl groups excluding tert-OH is 1. The van der Waals surface area contributed by atoms with Crippen molar-refractivity contribution in [3.05, 3.63) is 146 Å². The van der Waals surface area contributed by atoms with Gasteiger partial charge >= 0.3 is 7.82 Å². The highest BCUT2D eigenvalue weighted by Crippen LogP contribution is 2.43. The van der Waals surface area contributed by atoms with E-state index < -0.39 is 20.0 Å². The van der Waals surface area contributed by atoms with E-state index in [0.717, 1.165) is 128 Å². The summed E-state index contributed by atoms with van der Waals surface area (Å²) in [6.45, 7) is 4.71. The van der Waals surface area contributed by atoms with E-state index in [9.17, 15) is 19.4 Å². The number of quaternary nitrogens is 1. The van der Waals surface area contributed by atoms with E-state index in [4.69, 9.17) is 9.05 Å². The van der Waals surface area contributed by atoms with Crippen molar-refractivity contribution in [3.63, 3.8) is 0 Å². The molecule has 0 aliphatic carbocycles. The van der Waals surface area contributed by atoms with E-state index in [2.05, 4.69) is 165 Å². The molecule has 3 N–H and O–H groups in total. The molecule has 414 valence electrons. The Kier molecular flexibility index (Phi) is 50.6. The highest BCUT2D eigenvalue weighted by atomic mass is 31.2. The third-order valence-electron chi connectivity index (χ3n) is 11.9. The molecule has 73 heavy (non-hydrogen) atoms. The molecule has 3 unspecified atom stereocenters. The molecule has 0 fully saturated rings. The standard InChI is InChI=1S/C64H107N2O6P/c1-6-8-10-12-14-16-18-19-20-21-22-23-24-25-26-27-28-29-30-31-32-33-34-35-36-37-38-39-40-41-42-43-44-45-46-47-48-50-52-54-56-58-64(68)65-62(61-72-73(69,70)71-60-59-66(3,4)5)63(67)57-55-53-51-49-17-15-13-11-9-7-2/h8,10,14,16,19-20,22-23,25-26,28-29,31-32,34-35,37-38,40-41,43-44,46-47,62-63,67H,6-7,9,11-13,15,17-18,21,24,27,30,33,36,39,42,45,48-61H2,1-5H3,(H-,65,68,69,70)/p+1/b10-8-,16-14-,20-19-,23-22-,26-25-,29-28-,32-31-,35-34-,38-37-,41-40-,44-43-,47-46-. The minimum Gasteiger partial charge on any atom is -0.391 e. The number of unbranched alkanes of at least 4 members (excludes halogenated alkanes) is 13. The zero-order valence-electron chi connectivity index (χ0n) is 47.1. The Morgan fingerprint density at radius 3 is 1.21 bits per heavy atom. The molecule has 9 heteroatoms. The molecule has 0 aromatic carbocycles. The van der Waals surface area contributed by atoms with Gasteiger partial charge in [-0.2, -0.15) is 0 Å². The van der Waals surface area contributed by atoms with Crippen LogP contribution in [-0.4, -0.2) is 73.4 Å². The molecular formula is C64H108N2O6P+. The van der Waals surface area contributed by atoms with Gasteiger partial charge in [-0.25, -0.2) is 4.57 Å². The summed E-state index contributed by atoms with van der Waals surface area (Å²) in [6.07, 6.45) is 82.0. The molecule has 0 rings (SSSR count). The van der Waals surface area contributed by atoms with Crippen LogP contribution in [0, 0.1) is 0 Å². The number of phosphoric acid groups is 1. The van der Waals surface area contributed by atoms with Crippen molar-refractivity contribution in [2.24, 2.45) is 0 Å². The van der Waals surface area contributed by atoms with Gasteiger partial charge in [-0.15, -0.1) is 0 Å². The summed E-state index contributed by atoms with van der Waals surface area (Å²) >= 11 is 0. The lowest BCUT2D eigenvalue weighted by atomic mass is 10.0. The summed E-state index contributed by atoms with van der Waals surface area (Å²) in [4.78, 5) is 23.2. The maximum atomic E-state index is 12.9. The highest BCUT2D eigenvalue weighted by molar-refractivity contribution is 7.47. The van der Waals surface area contributed by atoms with Crippen LogP contribution in [0.4, 0.5) is 0 Å². The minimum absolute atomic E-state index is 0.0616. The van der Waals surface area contributed by atoms with Gasteiger partial charge in [-0.05, 0) is 103 Å². The monoisotopic (exact) mass is 1030 g/mol. The average Bonchev–Trinajstić information content (AvgIpc) is 3.35. The van der Waals surface area contributed by atoms with Crippen LogP contribution >= 0.6 is 7.82 Å². The summed E-state index contributed by atoms with van der Waals surface area (Å²) < 4.78 is 23.6. The van der Waals surface area contributed by atoms with Gasteiger partial charge in [0, 0.05) is 6.42 Å². The number of hydrogen-bond acceptors (Lipinski definition) is 5. The van der Waals surface area contributed by atoms with E-state index in [1.807, 2.05) is 21.1 Å². The predicted octanol–water partition coefficient (Wildman–Crippen LogP) is 17.7. The first-order valence-corrected chi connectivity index (χ1v) is 30.2. The summed E-state index contributed by atoms with van der Waals surface area (Å²) in [5.74, 6) is -0.177. The molecule has 8 nitrogen and oxygen atoms in total. The van der Waals surface area contributed by atoms with Gasteiger partial charge in [0.2, 0.25) is 5.91 Å². The lowest BCUT2D eigenvalue weighted by Crippen LogP contribution is -2.46. The fourth-order valence-corrected chi connectivity index (χ4v) is 8.11. The number of nitrogens with one attached hydrogen (secondary N) is 1. The summed E-state index contributed by atoms with van der Waals surface area (Å²) in [5, 5.41) is 13.9. The van der Waals surface area contributed by atoms with E-state index in [1.54, 1.807) is 0 Å². The van der Waals surface area contributed by atoms with Gasteiger partial charge in [-0.1, -0.05) is 237 Å². The molecule has 0 saturated carbocycles. The second-order valence-corrected chi connectivity index (χ2v) is 21.4. The third kappa shape index (κ3) is 56.0. The maximum absolute atomic E-state index is 12.9. The summed E-state index contributed by atoms with van der Waals surface area (Å²) in [5.41, 5.74) is 0. The lowest BCUT2D eigenvalue weighted by molar-refractivity contribution is -0.870. The first-order chi connectivity index (χ1) is 35.5. The second-order valence-electron chi connectivity index (χ2n) is 19.9. The summed E-state index contributed by atoms with van der Waals surface area (Å²) in [6, 6.07) is -0.783. The Morgan fingerprint density at radius 2 is 0.822 bits per heavy atom.